The van der Waals surface area contributed by atoms with E-state index in [0.717, 1.165) is 17.9 Å². The highest BCUT2D eigenvalue weighted by atomic mass is 15.2. The first-order valence-electron chi connectivity index (χ1n) is 2.75. The van der Waals surface area contributed by atoms with Gasteiger partial charge in [0, 0.05) is 18.3 Å². The molecule has 1 aliphatic rings. The minimum atomic E-state index is 0.800. The summed E-state index contributed by atoms with van der Waals surface area (Å²) < 4.78 is 0. The Morgan fingerprint density at radius 1 is 1.56 bits per heavy atom. The zero-order chi connectivity index (χ0) is 6.10. The zero-order valence-electron chi connectivity index (χ0n) is 4.76. The van der Waals surface area contributed by atoms with Gasteiger partial charge in [-0.25, -0.2) is 4.99 Å². The molecular formula is C5H6N4. The van der Waals surface area contributed by atoms with Crippen molar-refractivity contribution in [3.63, 3.8) is 0 Å². The summed E-state index contributed by atoms with van der Waals surface area (Å²) in [5.74, 6) is 0.800. The van der Waals surface area contributed by atoms with Crippen molar-refractivity contribution in [2.45, 2.75) is 6.54 Å². The summed E-state index contributed by atoms with van der Waals surface area (Å²) in [6, 6.07) is 0. The van der Waals surface area contributed by atoms with Gasteiger partial charge in [-0.3, -0.25) is 5.10 Å². The largest absolute Gasteiger partial charge is 0.372 e. The second kappa shape index (κ2) is 1.58. The Balaban J connectivity index is 2.53. The van der Waals surface area contributed by atoms with Gasteiger partial charge in [0.15, 0.2) is 5.82 Å². The van der Waals surface area contributed by atoms with Crippen LogP contribution in [0.25, 0.3) is 0 Å². The molecule has 0 radical (unpaired) electrons. The lowest BCUT2D eigenvalue weighted by Crippen LogP contribution is -2.12. The van der Waals surface area contributed by atoms with Crippen LogP contribution in [-0.2, 0) is 6.54 Å². The minimum absolute atomic E-state index is 0.800. The predicted molar refractivity (Wildman–Crippen MR) is 33.6 cm³/mol. The standard InChI is InChI=1S/C5H6N4/c1-4-2-8-9-5(4)7-3-6-1/h2-3H,1H2,(H2,6,7,8,9). The molecule has 0 unspecified atom stereocenters. The topological polar surface area (TPSA) is 53.1 Å². The van der Waals surface area contributed by atoms with Crippen LogP contribution in [-0.4, -0.2) is 16.5 Å². The number of aromatic nitrogens is 2. The summed E-state index contributed by atoms with van der Waals surface area (Å²) in [7, 11) is 0. The molecule has 9 heavy (non-hydrogen) atoms. The van der Waals surface area contributed by atoms with Gasteiger partial charge in [-0.2, -0.15) is 5.10 Å². The molecule has 1 aromatic heterocycles. The molecule has 2 N–H and O–H groups in total. The molecule has 0 atom stereocenters. The lowest BCUT2D eigenvalue weighted by Gasteiger charge is -2.02. The molecule has 0 saturated heterocycles. The van der Waals surface area contributed by atoms with Crippen molar-refractivity contribution in [1.82, 2.24) is 15.5 Å². The molecule has 0 spiro atoms. The summed E-state index contributed by atoms with van der Waals surface area (Å²) in [5.41, 5.74) is 1.12. The van der Waals surface area contributed by atoms with E-state index in [1.54, 1.807) is 6.34 Å². The van der Waals surface area contributed by atoms with Crippen LogP contribution in [0.5, 0.6) is 0 Å². The van der Waals surface area contributed by atoms with E-state index in [9.17, 15) is 0 Å². The van der Waals surface area contributed by atoms with Gasteiger partial charge in [0.1, 0.15) is 0 Å². The van der Waals surface area contributed by atoms with E-state index in [0.29, 0.717) is 0 Å². The maximum absolute atomic E-state index is 3.97. The van der Waals surface area contributed by atoms with Crippen LogP contribution in [0.15, 0.2) is 11.2 Å². The van der Waals surface area contributed by atoms with Crippen molar-refractivity contribution in [1.29, 1.82) is 0 Å². The number of aromatic amines is 1. The van der Waals surface area contributed by atoms with Crippen molar-refractivity contribution >= 4 is 12.2 Å². The van der Waals surface area contributed by atoms with Crippen molar-refractivity contribution in [3.05, 3.63) is 11.8 Å². The van der Waals surface area contributed by atoms with Crippen LogP contribution in [0.2, 0.25) is 0 Å². The Morgan fingerprint density at radius 3 is 3.44 bits per heavy atom. The highest BCUT2D eigenvalue weighted by Crippen LogP contribution is 2.15. The Bertz CT molecular complexity index is 237. The average molecular weight is 122 g/mol. The molecule has 1 aliphatic heterocycles. The van der Waals surface area contributed by atoms with Gasteiger partial charge in [-0.05, 0) is 0 Å². The molecule has 0 saturated carbocycles. The number of aliphatic imine (C=N–C) groups is 1. The maximum atomic E-state index is 3.97. The van der Waals surface area contributed by atoms with Crippen molar-refractivity contribution in [2.75, 3.05) is 0 Å². The van der Waals surface area contributed by atoms with Gasteiger partial charge in [-0.1, -0.05) is 0 Å². The van der Waals surface area contributed by atoms with E-state index >= 15 is 0 Å². The van der Waals surface area contributed by atoms with Crippen molar-refractivity contribution in [2.24, 2.45) is 4.99 Å². The number of hydrogen-bond acceptors (Lipinski definition) is 3. The van der Waals surface area contributed by atoms with Crippen molar-refractivity contribution < 1.29 is 0 Å². The molecule has 0 bridgehead atoms. The van der Waals surface area contributed by atoms with Crippen LogP contribution in [0.4, 0.5) is 5.82 Å². The molecule has 0 aliphatic carbocycles. The van der Waals surface area contributed by atoms with Crippen LogP contribution in [0.3, 0.4) is 0 Å². The number of hydrogen-bond donors (Lipinski definition) is 2. The Labute approximate surface area is 52.0 Å². The SMILES string of the molecule is C1=Nc2n[nH]cc2CN1. The zero-order valence-corrected chi connectivity index (χ0v) is 4.76. The van der Waals surface area contributed by atoms with Gasteiger partial charge in [0.05, 0.1) is 6.34 Å². The number of nitrogens with zero attached hydrogens (tertiary/aromatic N) is 2. The molecule has 2 rings (SSSR count). The molecule has 2 heterocycles. The van der Waals surface area contributed by atoms with Gasteiger partial charge in [0.2, 0.25) is 0 Å². The molecular weight excluding hydrogens is 116 g/mol. The molecule has 4 heteroatoms. The first kappa shape index (κ1) is 4.55. The summed E-state index contributed by atoms with van der Waals surface area (Å²) in [5, 5.41) is 9.61. The summed E-state index contributed by atoms with van der Waals surface area (Å²) in [6.45, 7) is 0.829. The first-order chi connectivity index (χ1) is 4.47. The summed E-state index contributed by atoms with van der Waals surface area (Å²) in [6.07, 6.45) is 3.50. The molecule has 1 aromatic rings. The Morgan fingerprint density at radius 2 is 2.56 bits per heavy atom. The van der Waals surface area contributed by atoms with Crippen LogP contribution in [0.1, 0.15) is 5.56 Å². The van der Waals surface area contributed by atoms with E-state index in [-0.39, 0.29) is 0 Å². The fourth-order valence-corrected chi connectivity index (χ4v) is 0.812. The monoisotopic (exact) mass is 122 g/mol. The number of fused-ring (bicyclic) bond motifs is 1. The predicted octanol–water partition coefficient (Wildman–Crippen LogP) is 0.173. The lowest BCUT2D eigenvalue weighted by molar-refractivity contribution is 0.913. The van der Waals surface area contributed by atoms with Gasteiger partial charge in [-0.15, -0.1) is 0 Å². The van der Waals surface area contributed by atoms with Gasteiger partial charge >= 0.3 is 0 Å². The summed E-state index contributed by atoms with van der Waals surface area (Å²) >= 11 is 0. The van der Waals surface area contributed by atoms with Crippen molar-refractivity contribution in [3.8, 4) is 0 Å². The average Bonchev–Trinajstić information content (AvgIpc) is 2.33. The van der Waals surface area contributed by atoms with E-state index < -0.39 is 0 Å². The second-order valence-corrected chi connectivity index (χ2v) is 1.87. The molecule has 4 nitrogen and oxygen atoms in total. The lowest BCUT2D eigenvalue weighted by atomic mass is 10.3. The maximum Gasteiger partial charge on any atom is 0.179 e. The summed E-state index contributed by atoms with van der Waals surface area (Å²) in [4.78, 5) is 3.97. The Kier molecular flexibility index (Phi) is 0.798. The third-order valence-electron chi connectivity index (χ3n) is 1.27. The van der Waals surface area contributed by atoms with Crippen LogP contribution >= 0.6 is 0 Å². The molecule has 46 valence electrons. The number of H-pyrrole nitrogens is 1. The van der Waals surface area contributed by atoms with Gasteiger partial charge in [0.25, 0.3) is 0 Å². The van der Waals surface area contributed by atoms with Crippen LogP contribution in [0, 0.1) is 0 Å². The smallest absolute Gasteiger partial charge is 0.179 e. The number of nitrogens with one attached hydrogen (secondary N) is 2. The quantitative estimate of drug-likeness (QED) is 0.515. The number of rotatable bonds is 0. The normalized spacial score (nSPS) is 14.7. The highest BCUT2D eigenvalue weighted by Gasteiger charge is 2.04. The molecule has 0 aromatic carbocycles. The van der Waals surface area contributed by atoms with E-state index in [2.05, 4.69) is 20.5 Å². The third kappa shape index (κ3) is 0.595. The van der Waals surface area contributed by atoms with E-state index in [1.807, 2.05) is 6.20 Å². The van der Waals surface area contributed by atoms with Gasteiger partial charge < -0.3 is 5.32 Å². The second-order valence-electron chi connectivity index (χ2n) is 1.87. The minimum Gasteiger partial charge on any atom is -0.372 e. The molecule has 0 fully saturated rings. The van der Waals surface area contributed by atoms with E-state index in [1.165, 1.54) is 0 Å². The third-order valence-corrected chi connectivity index (χ3v) is 1.27. The Hall–Kier alpha value is -1.32. The first-order valence-corrected chi connectivity index (χ1v) is 2.75. The van der Waals surface area contributed by atoms with Crippen LogP contribution < -0.4 is 5.32 Å². The fourth-order valence-electron chi connectivity index (χ4n) is 0.812. The molecule has 0 amide bonds. The fraction of sp³-hybridized carbons (Fsp3) is 0.200. The highest BCUT2D eigenvalue weighted by molar-refractivity contribution is 5.63. The van der Waals surface area contributed by atoms with E-state index in [4.69, 9.17) is 0 Å².